The first-order valence-electron chi connectivity index (χ1n) is 11.0. The van der Waals surface area contributed by atoms with E-state index in [4.69, 9.17) is 9.84 Å². The Morgan fingerprint density at radius 2 is 1.58 bits per heavy atom. The van der Waals surface area contributed by atoms with Crippen molar-refractivity contribution in [1.82, 2.24) is 4.90 Å². The summed E-state index contributed by atoms with van der Waals surface area (Å²) >= 11 is 0. The zero-order valence-corrected chi connectivity index (χ0v) is 18.4. The molecule has 1 N–H and O–H groups in total. The normalized spacial score (nSPS) is 14.0. The molecule has 0 saturated heterocycles. The number of rotatable bonds is 9. The zero-order valence-electron chi connectivity index (χ0n) is 18.4. The van der Waals surface area contributed by atoms with Gasteiger partial charge in [-0.15, -0.1) is 0 Å². The summed E-state index contributed by atoms with van der Waals surface area (Å²) in [6, 6.07) is 25.0. The van der Waals surface area contributed by atoms with Gasteiger partial charge in [0.1, 0.15) is 12.4 Å². The van der Waals surface area contributed by atoms with Crippen molar-refractivity contribution in [2.75, 3.05) is 0 Å². The van der Waals surface area contributed by atoms with E-state index in [-0.39, 0.29) is 41.9 Å². The third-order valence-corrected chi connectivity index (χ3v) is 5.87. The number of aliphatic carboxylic acids is 1. The van der Waals surface area contributed by atoms with Crippen LogP contribution in [-0.4, -0.2) is 45.5 Å². The van der Waals surface area contributed by atoms with Gasteiger partial charge in [0, 0.05) is 25.6 Å². The van der Waals surface area contributed by atoms with Gasteiger partial charge in [-0.05, 0) is 46.9 Å². The molecule has 0 aliphatic carbocycles. The second-order valence-corrected chi connectivity index (χ2v) is 8.32. The Morgan fingerprint density at radius 1 is 0.970 bits per heavy atom. The van der Waals surface area contributed by atoms with Crippen molar-refractivity contribution in [3.05, 3.63) is 113 Å². The maximum atomic E-state index is 11.1. The maximum absolute atomic E-state index is 11.1. The predicted octanol–water partition coefficient (Wildman–Crippen LogP) is 5.27. The molecule has 0 bridgehead atoms. The van der Waals surface area contributed by atoms with Crippen LogP contribution in [0.3, 0.4) is 0 Å². The first-order valence-corrected chi connectivity index (χ1v) is 11.0. The Morgan fingerprint density at radius 3 is 2.15 bits per heavy atom. The molecule has 0 amide bonds. The van der Waals surface area contributed by atoms with Crippen molar-refractivity contribution in [3.63, 3.8) is 0 Å². The van der Waals surface area contributed by atoms with Crippen molar-refractivity contribution in [2.45, 2.75) is 45.5 Å². The molecule has 1 aliphatic rings. The second-order valence-electron chi connectivity index (χ2n) is 8.32. The summed E-state index contributed by atoms with van der Waals surface area (Å²) in [6.45, 7) is 5.38. The molecule has 1 unspecified atom stereocenters. The second kappa shape index (κ2) is 12.2. The summed E-state index contributed by atoms with van der Waals surface area (Å²) in [7, 11) is 0. The van der Waals surface area contributed by atoms with E-state index in [0.717, 1.165) is 36.5 Å². The predicted molar refractivity (Wildman–Crippen MR) is 134 cm³/mol. The van der Waals surface area contributed by atoms with Crippen LogP contribution in [-0.2, 0) is 31.0 Å². The van der Waals surface area contributed by atoms with E-state index in [1.165, 1.54) is 16.7 Å². The Balaban J connectivity index is 0.00000306. The summed E-state index contributed by atoms with van der Waals surface area (Å²) in [5, 5.41) is 9.12. The number of fused-ring (bicyclic) bond motifs is 1. The van der Waals surface area contributed by atoms with Crippen LogP contribution in [0, 0.1) is 0 Å². The van der Waals surface area contributed by atoms with Crippen LogP contribution in [0.4, 0.5) is 0 Å². The summed E-state index contributed by atoms with van der Waals surface area (Å²) in [5.74, 6) is -0.143. The SMILES string of the molecule is CC=CC(CC(=O)O)c1ccc(OCc2ccc(CN3Cc4ccccc4C3)cc2)cc1.[NaH]. The molecule has 1 heterocycles. The zero-order chi connectivity index (χ0) is 22.3. The Bertz CT molecular complexity index is 1050. The topological polar surface area (TPSA) is 49.8 Å². The Labute approximate surface area is 218 Å². The number of carboxylic acids is 1. The molecule has 3 aromatic rings. The monoisotopic (exact) mass is 451 g/mol. The number of hydrogen-bond acceptors (Lipinski definition) is 3. The molecule has 0 saturated carbocycles. The van der Waals surface area contributed by atoms with Gasteiger partial charge >= 0.3 is 35.5 Å². The van der Waals surface area contributed by atoms with Gasteiger partial charge in [0.15, 0.2) is 0 Å². The molecule has 4 nitrogen and oxygen atoms in total. The van der Waals surface area contributed by atoms with E-state index < -0.39 is 5.97 Å². The minimum atomic E-state index is -0.800. The van der Waals surface area contributed by atoms with E-state index in [9.17, 15) is 4.79 Å². The molecule has 1 aliphatic heterocycles. The van der Waals surface area contributed by atoms with Crippen molar-refractivity contribution in [2.24, 2.45) is 0 Å². The average molecular weight is 452 g/mol. The molecule has 1 atom stereocenters. The molecule has 0 radical (unpaired) electrons. The molecule has 0 spiro atoms. The summed E-state index contributed by atoms with van der Waals surface area (Å²) in [5.41, 5.74) is 6.28. The van der Waals surface area contributed by atoms with Crippen molar-refractivity contribution in [1.29, 1.82) is 0 Å². The van der Waals surface area contributed by atoms with E-state index in [1.54, 1.807) is 0 Å². The van der Waals surface area contributed by atoms with Gasteiger partial charge in [0.2, 0.25) is 0 Å². The molecule has 4 rings (SSSR count). The van der Waals surface area contributed by atoms with Gasteiger partial charge in [-0.3, -0.25) is 9.69 Å². The molecule has 166 valence electrons. The van der Waals surface area contributed by atoms with E-state index in [2.05, 4.69) is 53.4 Å². The third-order valence-electron chi connectivity index (χ3n) is 5.87. The Kier molecular flexibility index (Phi) is 9.33. The van der Waals surface area contributed by atoms with Gasteiger partial charge in [0.05, 0.1) is 6.42 Å². The number of ether oxygens (including phenoxy) is 1. The first kappa shape index (κ1) is 25.3. The third kappa shape index (κ3) is 7.05. The van der Waals surface area contributed by atoms with Crippen LogP contribution in [0.1, 0.15) is 47.1 Å². The molecular formula is C28H30NNaO3. The first-order chi connectivity index (χ1) is 15.6. The molecule has 5 heteroatoms. The molecule has 33 heavy (non-hydrogen) atoms. The van der Waals surface area contributed by atoms with Gasteiger partial charge in [-0.2, -0.15) is 0 Å². The van der Waals surface area contributed by atoms with Crippen molar-refractivity contribution < 1.29 is 14.6 Å². The van der Waals surface area contributed by atoms with Crippen LogP contribution in [0.25, 0.3) is 0 Å². The average Bonchev–Trinajstić information content (AvgIpc) is 3.21. The van der Waals surface area contributed by atoms with Crippen molar-refractivity contribution >= 4 is 35.5 Å². The van der Waals surface area contributed by atoms with Gasteiger partial charge in [-0.1, -0.05) is 72.8 Å². The number of hydrogen-bond donors (Lipinski definition) is 1. The van der Waals surface area contributed by atoms with Crippen LogP contribution >= 0.6 is 0 Å². The standard InChI is InChI=1S/C28H29NO3.Na.H/c1-2-5-24(16-28(30)31)23-12-14-27(15-13-23)32-20-22-10-8-21(9-11-22)17-29-18-25-6-3-4-7-26(25)19-29;;/h2-15,24H,16-20H2,1H3,(H,30,31);;. The minimum absolute atomic E-state index is 0. The fourth-order valence-electron chi connectivity index (χ4n) is 4.21. The molecule has 0 fully saturated rings. The molecule has 3 aromatic carbocycles. The summed E-state index contributed by atoms with van der Waals surface area (Å²) in [4.78, 5) is 13.6. The fraction of sp³-hybridized carbons (Fsp3) is 0.250. The van der Waals surface area contributed by atoms with E-state index in [1.807, 2.05) is 43.3 Å². The van der Waals surface area contributed by atoms with Crippen LogP contribution in [0.5, 0.6) is 5.75 Å². The molecular weight excluding hydrogens is 421 g/mol. The number of benzene rings is 3. The van der Waals surface area contributed by atoms with Gasteiger partial charge in [0.25, 0.3) is 0 Å². The Hall–Kier alpha value is -2.37. The summed E-state index contributed by atoms with van der Waals surface area (Å²) in [6.07, 6.45) is 3.90. The fourth-order valence-corrected chi connectivity index (χ4v) is 4.21. The summed E-state index contributed by atoms with van der Waals surface area (Å²) < 4.78 is 5.94. The van der Waals surface area contributed by atoms with E-state index >= 15 is 0 Å². The van der Waals surface area contributed by atoms with Crippen LogP contribution < -0.4 is 4.74 Å². The van der Waals surface area contributed by atoms with Crippen LogP contribution in [0.2, 0.25) is 0 Å². The quantitative estimate of drug-likeness (QED) is 0.356. The molecule has 0 aromatic heterocycles. The van der Waals surface area contributed by atoms with Gasteiger partial charge < -0.3 is 9.84 Å². The number of nitrogens with zero attached hydrogens (tertiary/aromatic N) is 1. The number of carboxylic acid groups (broad SMARTS) is 1. The van der Waals surface area contributed by atoms with Gasteiger partial charge in [-0.25, -0.2) is 0 Å². The number of carbonyl (C=O) groups is 1. The van der Waals surface area contributed by atoms with Crippen molar-refractivity contribution in [3.8, 4) is 5.75 Å². The van der Waals surface area contributed by atoms with E-state index in [0.29, 0.717) is 6.61 Å². The number of allylic oxidation sites excluding steroid dienone is 2. The van der Waals surface area contributed by atoms with Crippen LogP contribution in [0.15, 0.2) is 84.9 Å².